The van der Waals surface area contributed by atoms with Crippen LogP contribution in [0.15, 0.2) is 71.5 Å². The van der Waals surface area contributed by atoms with Crippen LogP contribution in [0.4, 0.5) is 10.1 Å². The number of primary amides is 1. The summed E-state index contributed by atoms with van der Waals surface area (Å²) in [6.45, 7) is 0. The second-order valence-corrected chi connectivity index (χ2v) is 6.12. The first kappa shape index (κ1) is 17.4. The summed E-state index contributed by atoms with van der Waals surface area (Å²) in [5, 5.41) is 3.36. The molecule has 0 saturated carbocycles. The molecule has 0 bridgehead atoms. The standard InChI is InChI=1S/C21H14FN3O3/c22-15-9-13(19-17-5-7-28-18(17)4-6-24-19)8-14(10-15)21(27)25-16-3-1-2-12(11-16)20(23)26/h1-11H,(H2,23,26)(H,25,27). The molecule has 0 radical (unpaired) electrons. The fourth-order valence-electron chi connectivity index (χ4n) is 2.94. The Balaban J connectivity index is 1.69. The molecule has 0 aliphatic carbocycles. The molecule has 4 rings (SSSR count). The van der Waals surface area contributed by atoms with E-state index in [1.165, 1.54) is 24.5 Å². The zero-order valence-corrected chi connectivity index (χ0v) is 14.5. The van der Waals surface area contributed by atoms with E-state index in [4.69, 9.17) is 10.2 Å². The van der Waals surface area contributed by atoms with Gasteiger partial charge in [0.1, 0.15) is 11.4 Å². The molecule has 28 heavy (non-hydrogen) atoms. The van der Waals surface area contributed by atoms with Gasteiger partial charge in [-0.1, -0.05) is 6.07 Å². The minimum atomic E-state index is -0.608. The summed E-state index contributed by atoms with van der Waals surface area (Å²) in [6, 6.07) is 13.6. The summed E-state index contributed by atoms with van der Waals surface area (Å²) in [5.74, 6) is -1.71. The molecule has 0 spiro atoms. The van der Waals surface area contributed by atoms with Crippen LogP contribution in [-0.2, 0) is 0 Å². The number of aromatic nitrogens is 1. The quantitative estimate of drug-likeness (QED) is 0.563. The highest BCUT2D eigenvalue weighted by Crippen LogP contribution is 2.28. The van der Waals surface area contributed by atoms with E-state index in [1.807, 2.05) is 0 Å². The largest absolute Gasteiger partial charge is 0.464 e. The number of hydrogen-bond acceptors (Lipinski definition) is 4. The Morgan fingerprint density at radius 3 is 2.71 bits per heavy atom. The second-order valence-electron chi connectivity index (χ2n) is 6.12. The Morgan fingerprint density at radius 2 is 1.89 bits per heavy atom. The van der Waals surface area contributed by atoms with Gasteiger partial charge in [-0.05, 0) is 48.5 Å². The first-order valence-corrected chi connectivity index (χ1v) is 8.35. The number of benzene rings is 2. The van der Waals surface area contributed by atoms with Gasteiger partial charge in [-0.2, -0.15) is 0 Å². The van der Waals surface area contributed by atoms with Crippen molar-refractivity contribution in [1.82, 2.24) is 4.98 Å². The van der Waals surface area contributed by atoms with E-state index in [0.29, 0.717) is 27.9 Å². The Labute approximate surface area is 158 Å². The van der Waals surface area contributed by atoms with Gasteiger partial charge < -0.3 is 15.5 Å². The van der Waals surface area contributed by atoms with Crippen molar-refractivity contribution in [2.75, 3.05) is 5.32 Å². The average molecular weight is 375 g/mol. The number of anilines is 1. The summed E-state index contributed by atoms with van der Waals surface area (Å²) in [5.41, 5.74) is 7.57. The fourth-order valence-corrected chi connectivity index (χ4v) is 2.94. The van der Waals surface area contributed by atoms with Crippen LogP contribution in [-0.4, -0.2) is 16.8 Å². The molecule has 4 aromatic rings. The van der Waals surface area contributed by atoms with E-state index in [1.54, 1.807) is 36.5 Å². The third-order valence-corrected chi connectivity index (χ3v) is 4.22. The van der Waals surface area contributed by atoms with Crippen molar-refractivity contribution in [3.05, 3.63) is 84.0 Å². The first-order valence-electron chi connectivity index (χ1n) is 8.35. The van der Waals surface area contributed by atoms with Gasteiger partial charge in [0.2, 0.25) is 5.91 Å². The number of carbonyl (C=O) groups excluding carboxylic acids is 2. The van der Waals surface area contributed by atoms with E-state index in [9.17, 15) is 14.0 Å². The molecule has 2 heterocycles. The number of hydrogen-bond donors (Lipinski definition) is 2. The Morgan fingerprint density at radius 1 is 1.04 bits per heavy atom. The zero-order valence-electron chi connectivity index (χ0n) is 14.5. The molecular weight excluding hydrogens is 361 g/mol. The molecule has 2 aromatic heterocycles. The molecule has 138 valence electrons. The summed E-state index contributed by atoms with van der Waals surface area (Å²) in [4.78, 5) is 28.2. The summed E-state index contributed by atoms with van der Waals surface area (Å²) < 4.78 is 19.6. The van der Waals surface area contributed by atoms with Crippen LogP contribution >= 0.6 is 0 Å². The molecule has 0 atom stereocenters. The number of furan rings is 1. The molecule has 0 fully saturated rings. The molecule has 7 heteroatoms. The van der Waals surface area contributed by atoms with Crippen molar-refractivity contribution in [1.29, 1.82) is 0 Å². The molecule has 2 aromatic carbocycles. The van der Waals surface area contributed by atoms with Crippen LogP contribution in [0.3, 0.4) is 0 Å². The summed E-state index contributed by atoms with van der Waals surface area (Å²) >= 11 is 0. The van der Waals surface area contributed by atoms with Gasteiger partial charge in [0.25, 0.3) is 5.91 Å². The lowest BCUT2D eigenvalue weighted by atomic mass is 10.0. The predicted molar refractivity (Wildman–Crippen MR) is 102 cm³/mol. The third kappa shape index (κ3) is 3.33. The molecule has 2 amide bonds. The third-order valence-electron chi connectivity index (χ3n) is 4.22. The van der Waals surface area contributed by atoms with Crippen LogP contribution in [0.2, 0.25) is 0 Å². The van der Waals surface area contributed by atoms with Crippen molar-refractivity contribution in [3.8, 4) is 11.3 Å². The first-order chi connectivity index (χ1) is 13.5. The SMILES string of the molecule is NC(=O)c1cccc(NC(=O)c2cc(F)cc(-c3nccc4occc34)c2)c1. The number of nitrogens with one attached hydrogen (secondary N) is 1. The van der Waals surface area contributed by atoms with Gasteiger partial charge in [0.15, 0.2) is 0 Å². The molecule has 3 N–H and O–H groups in total. The molecular formula is C21H14FN3O3. The van der Waals surface area contributed by atoms with Crippen LogP contribution in [0.1, 0.15) is 20.7 Å². The highest BCUT2D eigenvalue weighted by atomic mass is 19.1. The maximum absolute atomic E-state index is 14.2. The molecule has 0 unspecified atom stereocenters. The zero-order chi connectivity index (χ0) is 19.7. The van der Waals surface area contributed by atoms with E-state index in [2.05, 4.69) is 10.3 Å². The van der Waals surface area contributed by atoms with Crippen molar-refractivity contribution >= 4 is 28.5 Å². The van der Waals surface area contributed by atoms with Crippen LogP contribution < -0.4 is 11.1 Å². The number of amides is 2. The number of nitrogens with two attached hydrogens (primary N) is 1. The van der Waals surface area contributed by atoms with Crippen molar-refractivity contribution in [2.24, 2.45) is 5.73 Å². The van der Waals surface area contributed by atoms with Crippen LogP contribution in [0, 0.1) is 5.82 Å². The minimum Gasteiger partial charge on any atom is -0.464 e. The Kier molecular flexibility index (Phi) is 4.33. The van der Waals surface area contributed by atoms with Crippen molar-refractivity contribution in [2.45, 2.75) is 0 Å². The summed E-state index contributed by atoms with van der Waals surface area (Å²) in [6.07, 6.45) is 3.08. The normalized spacial score (nSPS) is 10.8. The van der Waals surface area contributed by atoms with E-state index in [-0.39, 0.29) is 11.1 Å². The average Bonchev–Trinajstić information content (AvgIpc) is 3.16. The van der Waals surface area contributed by atoms with Gasteiger partial charge in [0, 0.05) is 34.0 Å². The van der Waals surface area contributed by atoms with E-state index in [0.717, 1.165) is 6.07 Å². The minimum absolute atomic E-state index is 0.113. The highest BCUT2D eigenvalue weighted by molar-refractivity contribution is 6.06. The van der Waals surface area contributed by atoms with Gasteiger partial charge in [0.05, 0.1) is 12.0 Å². The molecule has 0 saturated heterocycles. The number of rotatable bonds is 4. The number of pyridine rings is 1. The fraction of sp³-hybridized carbons (Fsp3) is 0. The number of halogens is 1. The van der Waals surface area contributed by atoms with Crippen molar-refractivity contribution in [3.63, 3.8) is 0 Å². The topological polar surface area (TPSA) is 98.2 Å². The van der Waals surface area contributed by atoms with E-state index < -0.39 is 17.6 Å². The predicted octanol–water partition coefficient (Wildman–Crippen LogP) is 3.99. The lowest BCUT2D eigenvalue weighted by molar-refractivity contribution is 0.0996. The Bertz CT molecular complexity index is 1220. The molecule has 0 aliphatic rings. The van der Waals surface area contributed by atoms with Gasteiger partial charge in [-0.25, -0.2) is 4.39 Å². The molecule has 6 nitrogen and oxygen atoms in total. The van der Waals surface area contributed by atoms with Crippen LogP contribution in [0.5, 0.6) is 0 Å². The number of fused-ring (bicyclic) bond motifs is 1. The smallest absolute Gasteiger partial charge is 0.255 e. The lowest BCUT2D eigenvalue weighted by Crippen LogP contribution is -2.14. The second kappa shape index (κ2) is 6.96. The maximum atomic E-state index is 14.2. The number of nitrogens with zero attached hydrogens (tertiary/aromatic N) is 1. The van der Waals surface area contributed by atoms with E-state index >= 15 is 0 Å². The van der Waals surface area contributed by atoms with Crippen LogP contribution in [0.25, 0.3) is 22.2 Å². The molecule has 0 aliphatic heterocycles. The summed E-state index contributed by atoms with van der Waals surface area (Å²) in [7, 11) is 0. The van der Waals surface area contributed by atoms with Gasteiger partial charge in [-0.3, -0.25) is 14.6 Å². The van der Waals surface area contributed by atoms with Gasteiger partial charge >= 0.3 is 0 Å². The van der Waals surface area contributed by atoms with Crippen molar-refractivity contribution < 1.29 is 18.4 Å². The van der Waals surface area contributed by atoms with Gasteiger partial charge in [-0.15, -0.1) is 0 Å². The number of carbonyl (C=O) groups is 2. The lowest BCUT2D eigenvalue weighted by Gasteiger charge is -2.09. The maximum Gasteiger partial charge on any atom is 0.255 e. The Hall–Kier alpha value is -4.00. The highest BCUT2D eigenvalue weighted by Gasteiger charge is 2.14. The monoisotopic (exact) mass is 375 g/mol.